The lowest BCUT2D eigenvalue weighted by molar-refractivity contribution is -0.152. The normalized spacial score (nSPS) is 17.1. The molecule has 0 unspecified atom stereocenters. The Morgan fingerprint density at radius 1 is 0.612 bits per heavy atom. The van der Waals surface area contributed by atoms with Crippen molar-refractivity contribution in [1.82, 2.24) is 0 Å². The minimum absolute atomic E-state index is 0.323. The SMILES string of the molecule is CC(C)(C)C1=CC([C@@H](c2ccc(OCc3ccccc3)cc2)C(C(=O)Oc2ccccc2)C(=O)Oc2ccccc2)C=C(C(C)(C)C)C1O. The predicted octanol–water partition coefficient (Wildman–Crippen LogP) is 9.11. The van der Waals surface area contributed by atoms with Gasteiger partial charge in [0, 0.05) is 11.8 Å². The summed E-state index contributed by atoms with van der Waals surface area (Å²) in [5.41, 5.74) is 2.62. The van der Waals surface area contributed by atoms with Gasteiger partial charge in [-0.25, -0.2) is 0 Å². The molecule has 1 atom stereocenters. The summed E-state index contributed by atoms with van der Waals surface area (Å²) in [4.78, 5) is 28.6. The van der Waals surface area contributed by atoms with E-state index in [1.807, 2.05) is 78.9 Å². The summed E-state index contributed by atoms with van der Waals surface area (Å²) in [5.74, 6) is -2.76. The van der Waals surface area contributed by atoms with Gasteiger partial charge in [-0.05, 0) is 69.5 Å². The highest BCUT2D eigenvalue weighted by atomic mass is 16.6. The number of allylic oxidation sites excluding steroid dienone is 2. The second kappa shape index (κ2) is 15.1. The molecule has 0 fully saturated rings. The zero-order valence-corrected chi connectivity index (χ0v) is 29.1. The van der Waals surface area contributed by atoms with Crippen LogP contribution in [0.5, 0.6) is 17.2 Å². The first-order chi connectivity index (χ1) is 23.3. The summed E-state index contributed by atoms with van der Waals surface area (Å²) < 4.78 is 17.9. The van der Waals surface area contributed by atoms with Crippen molar-refractivity contribution in [2.45, 2.75) is 60.2 Å². The van der Waals surface area contributed by atoms with Gasteiger partial charge in [-0.2, -0.15) is 0 Å². The van der Waals surface area contributed by atoms with Crippen molar-refractivity contribution in [1.29, 1.82) is 0 Å². The Labute approximate surface area is 290 Å². The molecule has 0 bridgehead atoms. The molecule has 0 spiro atoms. The topological polar surface area (TPSA) is 82.1 Å². The molecule has 6 nitrogen and oxygen atoms in total. The number of rotatable bonds is 10. The molecule has 6 heteroatoms. The van der Waals surface area contributed by atoms with Gasteiger partial charge in [-0.1, -0.05) is 133 Å². The van der Waals surface area contributed by atoms with Crippen LogP contribution in [-0.4, -0.2) is 23.1 Å². The van der Waals surface area contributed by atoms with Crippen LogP contribution >= 0.6 is 0 Å². The van der Waals surface area contributed by atoms with Gasteiger partial charge in [0.15, 0.2) is 5.92 Å². The molecule has 0 heterocycles. The summed E-state index contributed by atoms with van der Waals surface area (Å²) in [7, 11) is 0. The van der Waals surface area contributed by atoms with Crippen molar-refractivity contribution in [3.05, 3.63) is 150 Å². The van der Waals surface area contributed by atoms with Crippen molar-refractivity contribution in [2.75, 3.05) is 0 Å². The number of aliphatic hydroxyl groups excluding tert-OH is 1. The third kappa shape index (κ3) is 8.95. The van der Waals surface area contributed by atoms with E-state index < -0.39 is 46.6 Å². The van der Waals surface area contributed by atoms with Gasteiger partial charge in [0.2, 0.25) is 0 Å². The number of benzene rings is 4. The van der Waals surface area contributed by atoms with E-state index in [2.05, 4.69) is 41.5 Å². The van der Waals surface area contributed by atoms with E-state index in [4.69, 9.17) is 14.2 Å². The van der Waals surface area contributed by atoms with Crippen LogP contribution in [0.4, 0.5) is 0 Å². The van der Waals surface area contributed by atoms with Crippen LogP contribution in [0.2, 0.25) is 0 Å². The first-order valence-corrected chi connectivity index (χ1v) is 16.7. The maximum Gasteiger partial charge on any atom is 0.326 e. The minimum Gasteiger partial charge on any atom is -0.489 e. The molecular weight excluding hydrogens is 612 g/mol. The third-order valence-electron chi connectivity index (χ3n) is 8.78. The third-order valence-corrected chi connectivity index (χ3v) is 8.78. The molecule has 49 heavy (non-hydrogen) atoms. The summed E-state index contributed by atoms with van der Waals surface area (Å²) in [6, 6.07) is 34.8. The van der Waals surface area contributed by atoms with E-state index >= 15 is 0 Å². The van der Waals surface area contributed by atoms with Crippen LogP contribution in [0.25, 0.3) is 0 Å². The van der Waals surface area contributed by atoms with Crippen LogP contribution in [0, 0.1) is 22.7 Å². The molecule has 4 aromatic rings. The standard InChI is InChI=1S/C43H46O6/c1-42(2,3)35-26-31(27-36(39(35)44)43(4,5)6)37(30-22-24-32(25-23-30)47-28-29-16-10-7-11-17-29)38(40(45)48-33-18-12-8-13-19-33)41(46)49-34-20-14-9-15-21-34/h7-27,31,37-39,44H,28H2,1-6H3/t31?,37-,39?/m1/s1. The molecule has 0 amide bonds. The second-order valence-corrected chi connectivity index (χ2v) is 14.5. The molecular formula is C43H46O6. The molecule has 254 valence electrons. The number of ether oxygens (including phenoxy) is 3. The molecule has 4 aromatic carbocycles. The van der Waals surface area contributed by atoms with Gasteiger partial charge in [-0.15, -0.1) is 0 Å². The Morgan fingerprint density at radius 3 is 1.47 bits per heavy atom. The van der Waals surface area contributed by atoms with Gasteiger partial charge < -0.3 is 19.3 Å². The Hall–Kier alpha value is -4.94. The van der Waals surface area contributed by atoms with Crippen LogP contribution in [-0.2, 0) is 16.2 Å². The lowest BCUT2D eigenvalue weighted by atomic mass is 9.65. The van der Waals surface area contributed by atoms with Crippen LogP contribution < -0.4 is 14.2 Å². The molecule has 1 aliphatic carbocycles. The molecule has 0 aliphatic heterocycles. The second-order valence-electron chi connectivity index (χ2n) is 14.5. The summed E-state index contributed by atoms with van der Waals surface area (Å²) in [6.45, 7) is 12.8. The van der Waals surface area contributed by atoms with Crippen LogP contribution in [0.1, 0.15) is 58.6 Å². The minimum atomic E-state index is -1.37. The van der Waals surface area contributed by atoms with Gasteiger partial charge in [0.05, 0.1) is 6.10 Å². The fourth-order valence-corrected chi connectivity index (χ4v) is 6.23. The first-order valence-electron chi connectivity index (χ1n) is 16.7. The predicted molar refractivity (Wildman–Crippen MR) is 192 cm³/mol. The summed E-state index contributed by atoms with van der Waals surface area (Å²) in [5, 5.41) is 11.7. The van der Waals surface area contributed by atoms with Crippen molar-refractivity contribution in [3.8, 4) is 17.2 Å². The lowest BCUT2D eigenvalue weighted by Gasteiger charge is -2.41. The highest BCUT2D eigenvalue weighted by Crippen LogP contribution is 2.47. The van der Waals surface area contributed by atoms with Crippen molar-refractivity contribution in [3.63, 3.8) is 0 Å². The molecule has 0 saturated heterocycles. The van der Waals surface area contributed by atoms with Crippen molar-refractivity contribution in [2.24, 2.45) is 22.7 Å². The van der Waals surface area contributed by atoms with E-state index in [1.54, 1.807) is 48.5 Å². The van der Waals surface area contributed by atoms with Crippen molar-refractivity contribution < 1.29 is 28.9 Å². The number of hydrogen-bond acceptors (Lipinski definition) is 6. The Morgan fingerprint density at radius 2 is 1.04 bits per heavy atom. The zero-order valence-electron chi connectivity index (χ0n) is 29.1. The number of hydrogen-bond donors (Lipinski definition) is 1. The van der Waals surface area contributed by atoms with Gasteiger partial charge >= 0.3 is 11.9 Å². The van der Waals surface area contributed by atoms with E-state index in [0.717, 1.165) is 22.3 Å². The first kappa shape index (κ1) is 35.4. The highest BCUT2D eigenvalue weighted by Gasteiger charge is 2.45. The number of aliphatic hydroxyl groups is 1. The molecule has 0 radical (unpaired) electrons. The smallest absolute Gasteiger partial charge is 0.326 e. The van der Waals surface area contributed by atoms with E-state index in [-0.39, 0.29) is 0 Å². The van der Waals surface area contributed by atoms with Gasteiger partial charge in [0.1, 0.15) is 23.9 Å². The number of carbonyl (C=O) groups is 2. The number of esters is 2. The molecule has 1 aliphatic rings. The summed E-state index contributed by atoms with van der Waals surface area (Å²) in [6.07, 6.45) is 3.23. The molecule has 5 rings (SSSR count). The molecule has 0 saturated carbocycles. The quantitative estimate of drug-likeness (QED) is 0.0792. The van der Waals surface area contributed by atoms with E-state index in [1.165, 1.54) is 0 Å². The average Bonchev–Trinajstić information content (AvgIpc) is 3.07. The highest BCUT2D eigenvalue weighted by molar-refractivity contribution is 5.98. The number of para-hydroxylation sites is 2. The van der Waals surface area contributed by atoms with E-state index in [9.17, 15) is 14.7 Å². The Balaban J connectivity index is 1.63. The largest absolute Gasteiger partial charge is 0.489 e. The molecule has 1 N–H and O–H groups in total. The zero-order chi connectivity index (χ0) is 35.2. The fraction of sp³-hybridized carbons (Fsp3) is 0.302. The Bertz CT molecular complexity index is 1680. The Kier molecular flexibility index (Phi) is 10.9. The monoisotopic (exact) mass is 658 g/mol. The van der Waals surface area contributed by atoms with E-state index in [0.29, 0.717) is 23.9 Å². The van der Waals surface area contributed by atoms with Gasteiger partial charge in [-0.3, -0.25) is 9.59 Å². The maximum absolute atomic E-state index is 14.3. The molecule has 0 aromatic heterocycles. The maximum atomic E-state index is 14.3. The fourth-order valence-electron chi connectivity index (χ4n) is 6.23. The average molecular weight is 659 g/mol. The van der Waals surface area contributed by atoms with Crippen LogP contribution in [0.3, 0.4) is 0 Å². The van der Waals surface area contributed by atoms with Crippen LogP contribution in [0.15, 0.2) is 139 Å². The lowest BCUT2D eigenvalue weighted by Crippen LogP contribution is -2.41. The van der Waals surface area contributed by atoms with Crippen molar-refractivity contribution >= 4 is 11.9 Å². The van der Waals surface area contributed by atoms with Gasteiger partial charge in [0.25, 0.3) is 0 Å². The summed E-state index contributed by atoms with van der Waals surface area (Å²) >= 11 is 0. The number of carbonyl (C=O) groups excluding carboxylic acids is 2.